The van der Waals surface area contributed by atoms with E-state index in [4.69, 9.17) is 15.2 Å². The molecule has 1 aliphatic carbocycles. The van der Waals surface area contributed by atoms with Crippen LogP contribution in [0.1, 0.15) is 50.6 Å². The van der Waals surface area contributed by atoms with Crippen molar-refractivity contribution in [1.29, 1.82) is 0 Å². The molecule has 0 amide bonds. The van der Waals surface area contributed by atoms with Crippen molar-refractivity contribution in [3.8, 4) is 11.5 Å². The summed E-state index contributed by atoms with van der Waals surface area (Å²) < 4.78 is 11.8. The van der Waals surface area contributed by atoms with E-state index in [2.05, 4.69) is 22.9 Å². The van der Waals surface area contributed by atoms with Gasteiger partial charge in [0.05, 0.1) is 18.7 Å². The molecular formula is C16H24BrNO2. The Bertz CT molecular complexity index is 470. The zero-order chi connectivity index (χ0) is 14.8. The van der Waals surface area contributed by atoms with Gasteiger partial charge in [0.25, 0.3) is 0 Å². The van der Waals surface area contributed by atoms with Gasteiger partial charge in [-0.2, -0.15) is 0 Å². The molecular weight excluding hydrogens is 318 g/mol. The largest absolute Gasteiger partial charge is 0.496 e. The molecule has 0 saturated heterocycles. The maximum Gasteiger partial charge on any atom is 0.133 e. The van der Waals surface area contributed by atoms with E-state index in [1.807, 2.05) is 12.1 Å². The molecule has 0 bridgehead atoms. The van der Waals surface area contributed by atoms with Crippen LogP contribution in [0.15, 0.2) is 16.6 Å². The van der Waals surface area contributed by atoms with Gasteiger partial charge < -0.3 is 15.2 Å². The molecule has 2 rings (SSSR count). The van der Waals surface area contributed by atoms with Crippen LogP contribution < -0.4 is 15.2 Å². The van der Waals surface area contributed by atoms with Crippen molar-refractivity contribution in [2.24, 2.45) is 11.1 Å². The average Bonchev–Trinajstić information content (AvgIpc) is 2.47. The van der Waals surface area contributed by atoms with E-state index in [-0.39, 0.29) is 11.5 Å². The fraction of sp³-hybridized carbons (Fsp3) is 0.625. The van der Waals surface area contributed by atoms with Gasteiger partial charge in [-0.05, 0) is 46.3 Å². The predicted molar refractivity (Wildman–Crippen MR) is 85.4 cm³/mol. The summed E-state index contributed by atoms with van der Waals surface area (Å²) >= 11 is 3.50. The highest BCUT2D eigenvalue weighted by Gasteiger charge is 2.35. The molecule has 2 N–H and O–H groups in total. The van der Waals surface area contributed by atoms with Crippen LogP contribution in [0.4, 0.5) is 0 Å². The highest BCUT2D eigenvalue weighted by Crippen LogP contribution is 2.47. The maximum absolute atomic E-state index is 6.60. The second kappa shape index (κ2) is 6.35. The summed E-state index contributed by atoms with van der Waals surface area (Å²) in [5.41, 5.74) is 7.79. The lowest BCUT2D eigenvalue weighted by molar-refractivity contribution is 0.168. The third-order valence-corrected chi connectivity index (χ3v) is 5.21. The van der Waals surface area contributed by atoms with Crippen LogP contribution in [0.5, 0.6) is 11.5 Å². The van der Waals surface area contributed by atoms with Crippen molar-refractivity contribution in [3.63, 3.8) is 0 Å². The van der Waals surface area contributed by atoms with Crippen LogP contribution in [0, 0.1) is 5.41 Å². The molecule has 0 heterocycles. The average molecular weight is 342 g/mol. The molecule has 1 unspecified atom stereocenters. The van der Waals surface area contributed by atoms with E-state index in [1.54, 1.807) is 14.2 Å². The number of rotatable bonds is 4. The van der Waals surface area contributed by atoms with Crippen LogP contribution in [0.25, 0.3) is 0 Å². The van der Waals surface area contributed by atoms with Gasteiger partial charge in [-0.15, -0.1) is 0 Å². The standard InChI is InChI=1S/C16H24BrNO2/c1-16(7-5-4-6-8-16)15(18)11-9-14(20-3)12(17)10-13(11)19-2/h9-10,15H,4-8,18H2,1-3H3. The first-order valence-electron chi connectivity index (χ1n) is 7.19. The van der Waals surface area contributed by atoms with Crippen molar-refractivity contribution in [2.45, 2.75) is 45.1 Å². The minimum atomic E-state index is -0.0280. The maximum atomic E-state index is 6.60. The molecule has 112 valence electrons. The van der Waals surface area contributed by atoms with Crippen LogP contribution >= 0.6 is 15.9 Å². The molecule has 1 atom stereocenters. The summed E-state index contributed by atoms with van der Waals surface area (Å²) in [6, 6.07) is 3.92. The van der Waals surface area contributed by atoms with Gasteiger partial charge in [0.15, 0.2) is 0 Å². The smallest absolute Gasteiger partial charge is 0.133 e. The molecule has 1 aromatic rings. The highest BCUT2D eigenvalue weighted by atomic mass is 79.9. The fourth-order valence-corrected chi connectivity index (χ4v) is 3.66. The van der Waals surface area contributed by atoms with Crippen LogP contribution in [0.3, 0.4) is 0 Å². The van der Waals surface area contributed by atoms with Crippen molar-refractivity contribution in [3.05, 3.63) is 22.2 Å². The predicted octanol–water partition coefficient (Wildman–Crippen LogP) is 4.44. The number of nitrogens with two attached hydrogens (primary N) is 1. The van der Waals surface area contributed by atoms with Gasteiger partial charge in [-0.25, -0.2) is 0 Å². The zero-order valence-corrected chi connectivity index (χ0v) is 14.1. The molecule has 1 saturated carbocycles. The number of hydrogen-bond acceptors (Lipinski definition) is 3. The second-order valence-corrected chi connectivity index (χ2v) is 6.78. The molecule has 0 radical (unpaired) electrons. The number of methoxy groups -OCH3 is 2. The lowest BCUT2D eigenvalue weighted by Crippen LogP contribution is -2.34. The minimum Gasteiger partial charge on any atom is -0.496 e. The molecule has 3 nitrogen and oxygen atoms in total. The Hall–Kier alpha value is -0.740. The van der Waals surface area contributed by atoms with E-state index in [1.165, 1.54) is 32.1 Å². The highest BCUT2D eigenvalue weighted by molar-refractivity contribution is 9.10. The van der Waals surface area contributed by atoms with Gasteiger partial charge in [0.2, 0.25) is 0 Å². The number of hydrogen-bond donors (Lipinski definition) is 1. The fourth-order valence-electron chi connectivity index (χ4n) is 3.17. The Labute approximate surface area is 130 Å². The lowest BCUT2D eigenvalue weighted by atomic mass is 9.69. The summed E-state index contributed by atoms with van der Waals surface area (Å²) in [5.74, 6) is 1.63. The number of ether oxygens (including phenoxy) is 2. The van der Waals surface area contributed by atoms with Crippen LogP contribution in [-0.2, 0) is 0 Å². The van der Waals surface area contributed by atoms with Gasteiger partial charge in [0, 0.05) is 11.6 Å². The quantitative estimate of drug-likeness (QED) is 0.880. The third kappa shape index (κ3) is 2.96. The summed E-state index contributed by atoms with van der Waals surface area (Å²) in [5, 5.41) is 0. The van der Waals surface area contributed by atoms with Gasteiger partial charge >= 0.3 is 0 Å². The topological polar surface area (TPSA) is 44.5 Å². The number of halogens is 1. The molecule has 1 aromatic carbocycles. The zero-order valence-electron chi connectivity index (χ0n) is 12.5. The Morgan fingerprint density at radius 2 is 1.70 bits per heavy atom. The monoisotopic (exact) mass is 341 g/mol. The molecule has 0 spiro atoms. The number of benzene rings is 1. The first-order chi connectivity index (χ1) is 9.51. The van der Waals surface area contributed by atoms with Crippen molar-refractivity contribution < 1.29 is 9.47 Å². The van der Waals surface area contributed by atoms with Crippen molar-refractivity contribution in [2.75, 3.05) is 14.2 Å². The van der Waals surface area contributed by atoms with Crippen LogP contribution in [-0.4, -0.2) is 14.2 Å². The second-order valence-electron chi connectivity index (χ2n) is 5.92. The van der Waals surface area contributed by atoms with E-state index >= 15 is 0 Å². The van der Waals surface area contributed by atoms with Crippen molar-refractivity contribution in [1.82, 2.24) is 0 Å². The summed E-state index contributed by atoms with van der Waals surface area (Å²) in [4.78, 5) is 0. The first-order valence-corrected chi connectivity index (χ1v) is 7.98. The van der Waals surface area contributed by atoms with Crippen molar-refractivity contribution >= 4 is 15.9 Å². The van der Waals surface area contributed by atoms with Crippen LogP contribution in [0.2, 0.25) is 0 Å². The summed E-state index contributed by atoms with van der Waals surface area (Å²) in [7, 11) is 3.36. The van der Waals surface area contributed by atoms with Gasteiger partial charge in [0.1, 0.15) is 11.5 Å². The summed E-state index contributed by atoms with van der Waals surface area (Å²) in [6.45, 7) is 2.30. The van der Waals surface area contributed by atoms with Gasteiger partial charge in [-0.1, -0.05) is 26.2 Å². The molecule has 0 aliphatic heterocycles. The Balaban J connectivity index is 2.39. The van der Waals surface area contributed by atoms with E-state index < -0.39 is 0 Å². The van der Waals surface area contributed by atoms with Gasteiger partial charge in [-0.3, -0.25) is 0 Å². The third-order valence-electron chi connectivity index (χ3n) is 4.59. The normalized spacial score (nSPS) is 19.4. The Kier molecular flexibility index (Phi) is 4.97. The molecule has 4 heteroatoms. The molecule has 1 fully saturated rings. The Morgan fingerprint density at radius 3 is 2.25 bits per heavy atom. The molecule has 1 aliphatic rings. The van der Waals surface area contributed by atoms with E-state index in [0.717, 1.165) is 21.5 Å². The van der Waals surface area contributed by atoms with E-state index in [0.29, 0.717) is 0 Å². The molecule has 20 heavy (non-hydrogen) atoms. The summed E-state index contributed by atoms with van der Waals surface area (Å²) in [6.07, 6.45) is 6.20. The minimum absolute atomic E-state index is 0.0280. The SMILES string of the molecule is COc1cc(C(N)C2(C)CCCCC2)c(OC)cc1Br. The lowest BCUT2D eigenvalue weighted by Gasteiger charge is -2.39. The first kappa shape index (κ1) is 15.6. The van der Waals surface area contributed by atoms with E-state index in [9.17, 15) is 0 Å². The Morgan fingerprint density at radius 1 is 1.10 bits per heavy atom. The molecule has 0 aromatic heterocycles.